The summed E-state index contributed by atoms with van der Waals surface area (Å²) in [6.45, 7) is 0. The molecule has 1 heterocycles. The Morgan fingerprint density at radius 1 is 0.829 bits per heavy atom. The van der Waals surface area contributed by atoms with Gasteiger partial charge in [-0.2, -0.15) is 0 Å². The van der Waals surface area contributed by atoms with E-state index in [-0.39, 0.29) is 28.1 Å². The van der Waals surface area contributed by atoms with Crippen molar-refractivity contribution in [3.05, 3.63) is 88.0 Å². The van der Waals surface area contributed by atoms with Crippen molar-refractivity contribution >= 4 is 58.0 Å². The Morgan fingerprint density at radius 3 is 2.11 bits per heavy atom. The number of amides is 3. The second-order valence-electron chi connectivity index (χ2n) is 7.34. The first-order valence-electron chi connectivity index (χ1n) is 10.3. The van der Waals surface area contributed by atoms with E-state index in [2.05, 4.69) is 10.6 Å². The van der Waals surface area contributed by atoms with Crippen molar-refractivity contribution < 1.29 is 23.9 Å². The Labute approximate surface area is 211 Å². The van der Waals surface area contributed by atoms with Crippen LogP contribution >= 0.6 is 23.2 Å². The number of nitrogens with zero attached hydrogens (tertiary/aromatic N) is 1. The van der Waals surface area contributed by atoms with Crippen LogP contribution in [0, 0.1) is 0 Å². The Kier molecular flexibility index (Phi) is 6.95. The molecule has 8 nitrogen and oxygen atoms in total. The van der Waals surface area contributed by atoms with E-state index in [1.54, 1.807) is 60.7 Å². The Morgan fingerprint density at radius 2 is 1.49 bits per heavy atom. The minimum Gasteiger partial charge on any atom is -0.497 e. The molecule has 0 aromatic heterocycles. The molecule has 1 aliphatic rings. The molecular formula is C25H19Cl2N3O5. The fourth-order valence-electron chi connectivity index (χ4n) is 3.39. The number of nitrogens with one attached hydrogen (secondary N) is 2. The number of ether oxygens (including phenoxy) is 2. The van der Waals surface area contributed by atoms with Crippen LogP contribution in [0.25, 0.3) is 0 Å². The summed E-state index contributed by atoms with van der Waals surface area (Å²) in [5.74, 6) is -0.884. The van der Waals surface area contributed by atoms with Gasteiger partial charge < -0.3 is 20.1 Å². The highest BCUT2D eigenvalue weighted by atomic mass is 35.5. The van der Waals surface area contributed by atoms with Crippen molar-refractivity contribution in [1.29, 1.82) is 0 Å². The lowest BCUT2D eigenvalue weighted by molar-refractivity contribution is -0.120. The molecule has 3 amide bonds. The van der Waals surface area contributed by atoms with Gasteiger partial charge in [-0.15, -0.1) is 0 Å². The van der Waals surface area contributed by atoms with Gasteiger partial charge in [-0.3, -0.25) is 14.4 Å². The van der Waals surface area contributed by atoms with Gasteiger partial charge >= 0.3 is 0 Å². The van der Waals surface area contributed by atoms with Crippen molar-refractivity contribution in [2.24, 2.45) is 0 Å². The summed E-state index contributed by atoms with van der Waals surface area (Å²) in [6, 6.07) is 17.8. The highest BCUT2D eigenvalue weighted by molar-refractivity contribution is 6.53. The van der Waals surface area contributed by atoms with Crippen molar-refractivity contribution in [1.82, 2.24) is 0 Å². The summed E-state index contributed by atoms with van der Waals surface area (Å²) in [4.78, 5) is 39.3. The lowest BCUT2D eigenvalue weighted by Crippen LogP contribution is -2.32. The fourth-order valence-corrected chi connectivity index (χ4v) is 3.72. The summed E-state index contributed by atoms with van der Waals surface area (Å²) < 4.78 is 10.5. The van der Waals surface area contributed by atoms with Crippen LogP contribution < -0.4 is 25.0 Å². The predicted octanol–water partition coefficient (Wildman–Crippen LogP) is 5.05. The van der Waals surface area contributed by atoms with E-state index in [0.717, 1.165) is 4.90 Å². The van der Waals surface area contributed by atoms with E-state index in [4.69, 9.17) is 32.7 Å². The molecule has 0 spiro atoms. The second kappa shape index (κ2) is 10.1. The third-order valence-electron chi connectivity index (χ3n) is 5.17. The molecule has 0 aliphatic carbocycles. The molecule has 0 bridgehead atoms. The van der Waals surface area contributed by atoms with Gasteiger partial charge in [0.15, 0.2) is 0 Å². The molecule has 3 aromatic carbocycles. The molecule has 3 aromatic rings. The molecule has 10 heteroatoms. The van der Waals surface area contributed by atoms with Gasteiger partial charge in [-0.1, -0.05) is 23.2 Å². The number of benzene rings is 3. The van der Waals surface area contributed by atoms with Crippen LogP contribution in [0.15, 0.2) is 77.5 Å². The van der Waals surface area contributed by atoms with Crippen molar-refractivity contribution in [2.75, 3.05) is 29.8 Å². The monoisotopic (exact) mass is 511 g/mol. The van der Waals surface area contributed by atoms with E-state index in [1.807, 2.05) is 0 Å². The largest absolute Gasteiger partial charge is 0.497 e. The Bertz CT molecular complexity index is 1340. The van der Waals surface area contributed by atoms with Crippen molar-refractivity contribution in [2.45, 2.75) is 0 Å². The zero-order valence-electron chi connectivity index (χ0n) is 18.6. The van der Waals surface area contributed by atoms with Gasteiger partial charge in [-0.25, -0.2) is 4.90 Å². The zero-order chi connectivity index (χ0) is 25.1. The maximum atomic E-state index is 13.1. The zero-order valence-corrected chi connectivity index (χ0v) is 20.1. The number of rotatable bonds is 7. The predicted molar refractivity (Wildman–Crippen MR) is 134 cm³/mol. The lowest BCUT2D eigenvalue weighted by atomic mass is 10.2. The van der Waals surface area contributed by atoms with Gasteiger partial charge in [0.1, 0.15) is 22.2 Å². The normalized spacial score (nSPS) is 13.2. The number of methoxy groups -OCH3 is 2. The Hall–Kier alpha value is -4.01. The third-order valence-corrected chi connectivity index (χ3v) is 5.78. The number of anilines is 3. The van der Waals surface area contributed by atoms with Crippen LogP contribution in [0.2, 0.25) is 5.02 Å². The minimum atomic E-state index is -0.693. The first-order valence-corrected chi connectivity index (χ1v) is 11.0. The topological polar surface area (TPSA) is 97.0 Å². The molecule has 2 N–H and O–H groups in total. The first-order chi connectivity index (χ1) is 16.8. The average Bonchev–Trinajstić information content (AvgIpc) is 3.08. The van der Waals surface area contributed by atoms with Crippen LogP contribution in [0.1, 0.15) is 10.4 Å². The SMILES string of the molecule is COc1ccc(N2C(=O)C(Cl)=C(Nc3ccc(C(=O)Nc4ccc(Cl)cc4)cc3)C2=O)c(OC)c1. The summed E-state index contributed by atoms with van der Waals surface area (Å²) in [5.41, 5.74) is 1.60. The molecule has 35 heavy (non-hydrogen) atoms. The van der Waals surface area contributed by atoms with Gasteiger partial charge in [0.2, 0.25) is 0 Å². The summed E-state index contributed by atoms with van der Waals surface area (Å²) in [6.07, 6.45) is 0. The quantitative estimate of drug-likeness (QED) is 0.431. The van der Waals surface area contributed by atoms with E-state index in [9.17, 15) is 14.4 Å². The number of halogens is 2. The van der Waals surface area contributed by atoms with E-state index < -0.39 is 11.8 Å². The number of imide groups is 1. The maximum Gasteiger partial charge on any atom is 0.283 e. The summed E-state index contributed by atoms with van der Waals surface area (Å²) in [5, 5.41) is 5.94. The van der Waals surface area contributed by atoms with E-state index in [1.165, 1.54) is 20.3 Å². The van der Waals surface area contributed by atoms with Crippen LogP contribution in [-0.2, 0) is 9.59 Å². The van der Waals surface area contributed by atoms with Gasteiger partial charge in [-0.05, 0) is 60.7 Å². The van der Waals surface area contributed by atoms with Crippen molar-refractivity contribution in [3.63, 3.8) is 0 Å². The van der Waals surface area contributed by atoms with Crippen LogP contribution in [-0.4, -0.2) is 31.9 Å². The molecule has 178 valence electrons. The number of carbonyl (C=O) groups is 3. The summed E-state index contributed by atoms with van der Waals surface area (Å²) >= 11 is 12.1. The smallest absolute Gasteiger partial charge is 0.283 e. The second-order valence-corrected chi connectivity index (χ2v) is 8.15. The van der Waals surface area contributed by atoms with Gasteiger partial charge in [0.25, 0.3) is 17.7 Å². The van der Waals surface area contributed by atoms with E-state index in [0.29, 0.717) is 27.7 Å². The third kappa shape index (κ3) is 4.94. The molecule has 0 unspecified atom stereocenters. The minimum absolute atomic E-state index is 0.0899. The highest BCUT2D eigenvalue weighted by Crippen LogP contribution is 2.37. The van der Waals surface area contributed by atoms with Crippen LogP contribution in [0.3, 0.4) is 0 Å². The van der Waals surface area contributed by atoms with E-state index >= 15 is 0 Å². The molecule has 0 saturated carbocycles. The van der Waals surface area contributed by atoms with Crippen LogP contribution in [0.4, 0.5) is 17.1 Å². The number of hydrogen-bond donors (Lipinski definition) is 2. The van der Waals surface area contributed by atoms with Crippen molar-refractivity contribution in [3.8, 4) is 11.5 Å². The maximum absolute atomic E-state index is 13.1. The molecule has 0 atom stereocenters. The molecule has 0 fully saturated rings. The lowest BCUT2D eigenvalue weighted by Gasteiger charge is -2.18. The highest BCUT2D eigenvalue weighted by Gasteiger charge is 2.40. The summed E-state index contributed by atoms with van der Waals surface area (Å²) in [7, 11) is 2.91. The average molecular weight is 512 g/mol. The fraction of sp³-hybridized carbons (Fsp3) is 0.0800. The molecule has 0 saturated heterocycles. The molecule has 0 radical (unpaired) electrons. The molecular weight excluding hydrogens is 493 g/mol. The van der Waals surface area contributed by atoms with Gasteiger partial charge in [0.05, 0.1) is 19.9 Å². The molecule has 1 aliphatic heterocycles. The standard InChI is InChI=1S/C25H19Cl2N3O5/c1-34-18-11-12-19(20(13-18)35-2)30-24(32)21(27)22(25(30)33)28-16-7-3-14(4-8-16)23(31)29-17-9-5-15(26)6-10-17/h3-13,28H,1-2H3,(H,29,31). The molecule has 4 rings (SSSR count). The van der Waals surface area contributed by atoms with Gasteiger partial charge in [0, 0.05) is 28.0 Å². The number of hydrogen-bond acceptors (Lipinski definition) is 6. The Balaban J connectivity index is 1.50. The van der Waals surface area contributed by atoms with Crippen LogP contribution in [0.5, 0.6) is 11.5 Å². The number of carbonyl (C=O) groups excluding carboxylic acids is 3. The first kappa shape index (κ1) is 24.1.